The summed E-state index contributed by atoms with van der Waals surface area (Å²) in [6.07, 6.45) is 2.37. The zero-order valence-corrected chi connectivity index (χ0v) is 14.0. The minimum Gasteiger partial charge on any atom is -0.444 e. The van der Waals surface area contributed by atoms with Gasteiger partial charge in [0.25, 0.3) is 5.56 Å². The van der Waals surface area contributed by atoms with Crippen molar-refractivity contribution >= 4 is 12.2 Å². The van der Waals surface area contributed by atoms with E-state index in [1.165, 1.54) is 0 Å². The lowest BCUT2D eigenvalue weighted by Crippen LogP contribution is -2.50. The first-order valence-corrected chi connectivity index (χ1v) is 8.12. The molecular weight excluding hydrogens is 292 g/mol. The van der Waals surface area contributed by atoms with Gasteiger partial charge < -0.3 is 14.2 Å². The lowest BCUT2D eigenvalue weighted by atomic mass is 9.83. The summed E-state index contributed by atoms with van der Waals surface area (Å²) in [5.41, 5.74) is 1.19. The van der Waals surface area contributed by atoms with Crippen LogP contribution in [0.3, 0.4) is 0 Å². The molecule has 0 saturated carbocycles. The van der Waals surface area contributed by atoms with Crippen molar-refractivity contribution in [2.75, 3.05) is 13.1 Å². The molecule has 2 unspecified atom stereocenters. The number of aromatic nitrogens is 1. The topological polar surface area (TPSA) is 51.5 Å². The molecule has 0 radical (unpaired) electrons. The van der Waals surface area contributed by atoms with Crippen LogP contribution in [0.15, 0.2) is 23.5 Å². The van der Waals surface area contributed by atoms with Crippen LogP contribution in [-0.4, -0.2) is 34.3 Å². The van der Waals surface area contributed by atoms with Crippen LogP contribution in [0.4, 0.5) is 4.79 Å². The third-order valence-corrected chi connectivity index (χ3v) is 4.51. The number of carbonyl (C=O) groups is 1. The van der Waals surface area contributed by atoms with Crippen LogP contribution >= 0.6 is 0 Å². The van der Waals surface area contributed by atoms with Gasteiger partial charge in [-0.1, -0.05) is 12.7 Å². The van der Waals surface area contributed by atoms with E-state index in [1.54, 1.807) is 11.0 Å². The second kappa shape index (κ2) is 5.55. The lowest BCUT2D eigenvalue weighted by molar-refractivity contribution is 0.0102. The summed E-state index contributed by atoms with van der Waals surface area (Å²) in [5.74, 6) is 0.494. The van der Waals surface area contributed by atoms with Crippen LogP contribution in [0, 0.1) is 5.92 Å². The standard InChI is InChI=1S/C18H24N2O3/c1-5-13-6-7-15-14-8-12(10-20(15)16(13)21)9-19(11-14)17(22)23-18(2,3)4/h5-7,12,14H,1,8-11H2,2-4H3. The van der Waals surface area contributed by atoms with Gasteiger partial charge in [-0.05, 0) is 45.2 Å². The molecule has 3 rings (SSSR count). The Kier molecular flexibility index (Phi) is 3.82. The van der Waals surface area contributed by atoms with E-state index < -0.39 is 5.60 Å². The third kappa shape index (κ3) is 3.05. The Labute approximate surface area is 136 Å². The van der Waals surface area contributed by atoms with Gasteiger partial charge in [0.1, 0.15) is 5.60 Å². The van der Waals surface area contributed by atoms with E-state index in [0.29, 0.717) is 31.1 Å². The van der Waals surface area contributed by atoms with Gasteiger partial charge in [-0.3, -0.25) is 4.79 Å². The average Bonchev–Trinajstić information content (AvgIpc) is 2.46. The zero-order chi connectivity index (χ0) is 16.8. The Balaban J connectivity index is 1.86. The number of rotatable bonds is 1. The van der Waals surface area contributed by atoms with Crippen molar-refractivity contribution in [3.05, 3.63) is 40.3 Å². The smallest absolute Gasteiger partial charge is 0.410 e. The molecule has 124 valence electrons. The second-order valence-corrected chi connectivity index (χ2v) is 7.52. The van der Waals surface area contributed by atoms with Crippen LogP contribution in [0.5, 0.6) is 0 Å². The first kappa shape index (κ1) is 15.8. The molecule has 2 atom stereocenters. The number of pyridine rings is 1. The highest BCUT2D eigenvalue weighted by molar-refractivity contribution is 5.68. The van der Waals surface area contributed by atoms with Gasteiger partial charge in [0.05, 0.1) is 0 Å². The number of hydrogen-bond donors (Lipinski definition) is 0. The molecule has 2 aliphatic heterocycles. The minimum atomic E-state index is -0.489. The minimum absolute atomic E-state index is 0.0259. The molecule has 0 aromatic carbocycles. The normalized spacial score (nSPS) is 23.2. The van der Waals surface area contributed by atoms with E-state index in [4.69, 9.17) is 4.74 Å². The summed E-state index contributed by atoms with van der Waals surface area (Å²) in [6.45, 7) is 11.2. The van der Waals surface area contributed by atoms with Gasteiger partial charge in [-0.2, -0.15) is 0 Å². The predicted octanol–water partition coefficient (Wildman–Crippen LogP) is 2.85. The highest BCUT2D eigenvalue weighted by atomic mass is 16.6. The van der Waals surface area contributed by atoms with Gasteiger partial charge >= 0.3 is 6.09 Å². The molecule has 1 saturated heterocycles. The fourth-order valence-corrected chi connectivity index (χ4v) is 3.59. The summed E-state index contributed by atoms with van der Waals surface area (Å²) >= 11 is 0. The van der Waals surface area contributed by atoms with Crippen molar-refractivity contribution < 1.29 is 9.53 Å². The lowest BCUT2D eigenvalue weighted by Gasteiger charge is -2.43. The van der Waals surface area contributed by atoms with Crippen LogP contribution in [0.1, 0.15) is 44.4 Å². The molecule has 0 N–H and O–H groups in total. The molecular formula is C18H24N2O3. The first-order chi connectivity index (χ1) is 10.8. The highest BCUT2D eigenvalue weighted by Gasteiger charge is 2.37. The fraction of sp³-hybridized carbons (Fsp3) is 0.556. The maximum Gasteiger partial charge on any atom is 0.410 e. The molecule has 1 fully saturated rings. The summed E-state index contributed by atoms with van der Waals surface area (Å²) in [4.78, 5) is 26.6. The molecule has 2 aliphatic rings. The van der Waals surface area contributed by atoms with Crippen LogP contribution in [0.25, 0.3) is 6.08 Å². The quantitative estimate of drug-likeness (QED) is 0.800. The number of likely N-dealkylation sites (tertiary alicyclic amines) is 1. The van der Waals surface area contributed by atoms with E-state index in [2.05, 4.69) is 6.58 Å². The average molecular weight is 316 g/mol. The largest absolute Gasteiger partial charge is 0.444 e. The summed E-state index contributed by atoms with van der Waals surface area (Å²) in [7, 11) is 0. The molecule has 5 nitrogen and oxygen atoms in total. The molecule has 0 aliphatic carbocycles. The van der Waals surface area contributed by atoms with Gasteiger partial charge in [-0.25, -0.2) is 4.79 Å². The number of carbonyl (C=O) groups excluding carboxylic acids is 1. The fourth-order valence-electron chi connectivity index (χ4n) is 3.59. The number of amides is 1. The van der Waals surface area contributed by atoms with Crippen LogP contribution < -0.4 is 5.56 Å². The van der Waals surface area contributed by atoms with E-state index in [-0.39, 0.29) is 17.6 Å². The molecule has 2 bridgehead atoms. The van der Waals surface area contributed by atoms with Gasteiger partial charge in [0.15, 0.2) is 0 Å². The SMILES string of the molecule is C=Cc1ccc2n(c1=O)CC1CC2CN(C(=O)OC(C)(C)C)C1. The van der Waals surface area contributed by atoms with Crippen molar-refractivity contribution in [3.8, 4) is 0 Å². The molecule has 1 aromatic heterocycles. The van der Waals surface area contributed by atoms with Crippen molar-refractivity contribution in [3.63, 3.8) is 0 Å². The maximum absolute atomic E-state index is 12.5. The van der Waals surface area contributed by atoms with E-state index in [0.717, 1.165) is 12.1 Å². The van der Waals surface area contributed by atoms with Crippen molar-refractivity contribution in [1.82, 2.24) is 9.47 Å². The molecule has 0 spiro atoms. The molecule has 1 aromatic rings. The Hall–Kier alpha value is -2.04. The van der Waals surface area contributed by atoms with Crippen molar-refractivity contribution in [2.24, 2.45) is 5.92 Å². The van der Waals surface area contributed by atoms with Gasteiger partial charge in [0.2, 0.25) is 0 Å². The van der Waals surface area contributed by atoms with E-state index in [1.807, 2.05) is 37.5 Å². The van der Waals surface area contributed by atoms with Crippen LogP contribution in [0.2, 0.25) is 0 Å². The van der Waals surface area contributed by atoms with Crippen molar-refractivity contribution in [1.29, 1.82) is 0 Å². The number of piperidine rings is 1. The van der Waals surface area contributed by atoms with Gasteiger partial charge in [-0.15, -0.1) is 0 Å². The molecule has 1 amide bonds. The molecule has 3 heterocycles. The summed E-state index contributed by atoms with van der Waals surface area (Å²) in [5, 5.41) is 0. The van der Waals surface area contributed by atoms with Gasteiger partial charge in [0, 0.05) is 36.8 Å². The summed E-state index contributed by atoms with van der Waals surface area (Å²) in [6, 6.07) is 3.83. The maximum atomic E-state index is 12.5. The van der Waals surface area contributed by atoms with Crippen molar-refractivity contribution in [2.45, 2.75) is 45.3 Å². The Morgan fingerprint density at radius 2 is 2.04 bits per heavy atom. The van der Waals surface area contributed by atoms with Crippen LogP contribution in [-0.2, 0) is 11.3 Å². The second-order valence-electron chi connectivity index (χ2n) is 7.52. The number of fused-ring (bicyclic) bond motifs is 4. The Bertz CT molecular complexity index is 699. The Morgan fingerprint density at radius 3 is 2.70 bits per heavy atom. The molecule has 5 heteroatoms. The zero-order valence-electron chi connectivity index (χ0n) is 14.0. The monoisotopic (exact) mass is 316 g/mol. The van der Waals surface area contributed by atoms with E-state index >= 15 is 0 Å². The summed E-state index contributed by atoms with van der Waals surface area (Å²) < 4.78 is 7.36. The third-order valence-electron chi connectivity index (χ3n) is 4.51. The predicted molar refractivity (Wildman–Crippen MR) is 89.4 cm³/mol. The number of ether oxygens (including phenoxy) is 1. The Morgan fingerprint density at radius 1 is 1.30 bits per heavy atom. The molecule has 23 heavy (non-hydrogen) atoms. The number of hydrogen-bond acceptors (Lipinski definition) is 3. The number of nitrogens with zero attached hydrogens (tertiary/aromatic N) is 2. The highest BCUT2D eigenvalue weighted by Crippen LogP contribution is 2.35. The first-order valence-electron chi connectivity index (χ1n) is 8.12. The van der Waals surface area contributed by atoms with E-state index in [9.17, 15) is 9.59 Å².